The van der Waals surface area contributed by atoms with E-state index in [0.717, 1.165) is 39.9 Å². The van der Waals surface area contributed by atoms with Crippen LogP contribution in [0.5, 0.6) is 0 Å². The topological polar surface area (TPSA) is 82.5 Å². The molecule has 0 spiro atoms. The molecule has 142 valence electrons. The third-order valence-electron chi connectivity index (χ3n) is 5.34. The molecule has 6 nitrogen and oxygen atoms in total. The molecule has 0 saturated heterocycles. The van der Waals surface area contributed by atoms with Crippen molar-refractivity contribution in [1.29, 1.82) is 0 Å². The standard InChI is InChI=1S/C19H24N6S2/c1-10(2)17-23-24-19(25(17)11-7-8-11)26-9-14-21-16(20)15-12-5-3-4-6-13(12)27-18(15)22-14/h10-11H,3-9H2,1-2H3,(H2,20,21,22). The van der Waals surface area contributed by atoms with Crippen LogP contribution in [0.25, 0.3) is 10.2 Å². The van der Waals surface area contributed by atoms with E-state index >= 15 is 0 Å². The van der Waals surface area contributed by atoms with Gasteiger partial charge in [-0.15, -0.1) is 21.5 Å². The highest BCUT2D eigenvalue weighted by Gasteiger charge is 2.30. The molecule has 8 heteroatoms. The summed E-state index contributed by atoms with van der Waals surface area (Å²) in [7, 11) is 0. The number of thioether (sulfide) groups is 1. The quantitative estimate of drug-likeness (QED) is 0.635. The van der Waals surface area contributed by atoms with Crippen LogP contribution < -0.4 is 5.73 Å². The average Bonchev–Trinajstić information content (AvgIpc) is 3.27. The van der Waals surface area contributed by atoms with Crippen molar-refractivity contribution in [3.8, 4) is 0 Å². The fourth-order valence-corrected chi connectivity index (χ4v) is 6.04. The van der Waals surface area contributed by atoms with Crippen molar-refractivity contribution in [2.24, 2.45) is 0 Å². The fraction of sp³-hybridized carbons (Fsp3) is 0.579. The van der Waals surface area contributed by atoms with Crippen LogP contribution in [0.3, 0.4) is 0 Å². The van der Waals surface area contributed by atoms with E-state index in [9.17, 15) is 0 Å². The van der Waals surface area contributed by atoms with Crippen LogP contribution in [0, 0.1) is 0 Å². The lowest BCUT2D eigenvalue weighted by Crippen LogP contribution is -2.05. The zero-order valence-electron chi connectivity index (χ0n) is 15.7. The van der Waals surface area contributed by atoms with Gasteiger partial charge in [0, 0.05) is 16.8 Å². The summed E-state index contributed by atoms with van der Waals surface area (Å²) in [5, 5.41) is 11.0. The summed E-state index contributed by atoms with van der Waals surface area (Å²) in [6, 6.07) is 0.567. The van der Waals surface area contributed by atoms with E-state index in [4.69, 9.17) is 10.7 Å². The van der Waals surface area contributed by atoms with Crippen molar-refractivity contribution < 1.29 is 0 Å². The normalized spacial score (nSPS) is 17.0. The van der Waals surface area contributed by atoms with Gasteiger partial charge in [-0.3, -0.25) is 0 Å². The zero-order valence-corrected chi connectivity index (χ0v) is 17.4. The maximum atomic E-state index is 6.34. The van der Waals surface area contributed by atoms with E-state index in [2.05, 4.69) is 33.6 Å². The van der Waals surface area contributed by atoms with Crippen molar-refractivity contribution in [1.82, 2.24) is 24.7 Å². The molecule has 2 aliphatic rings. The number of nitrogens with zero attached hydrogens (tertiary/aromatic N) is 5. The second-order valence-corrected chi connectivity index (χ2v) is 9.83. The van der Waals surface area contributed by atoms with Crippen molar-refractivity contribution in [3.05, 3.63) is 22.1 Å². The number of hydrogen-bond donors (Lipinski definition) is 1. The Kier molecular flexibility index (Phi) is 4.35. The molecule has 5 rings (SSSR count). The predicted molar refractivity (Wildman–Crippen MR) is 110 cm³/mol. The third kappa shape index (κ3) is 3.12. The minimum Gasteiger partial charge on any atom is -0.383 e. The summed E-state index contributed by atoms with van der Waals surface area (Å²) in [6.45, 7) is 4.35. The van der Waals surface area contributed by atoms with E-state index in [1.807, 2.05) is 0 Å². The van der Waals surface area contributed by atoms with E-state index < -0.39 is 0 Å². The molecule has 3 heterocycles. The molecule has 3 aromatic rings. The smallest absolute Gasteiger partial charge is 0.191 e. The van der Waals surface area contributed by atoms with Crippen LogP contribution in [0.15, 0.2) is 5.16 Å². The van der Waals surface area contributed by atoms with E-state index in [-0.39, 0.29) is 0 Å². The number of thiophene rings is 1. The number of anilines is 1. The second-order valence-electron chi connectivity index (χ2n) is 7.80. The highest BCUT2D eigenvalue weighted by atomic mass is 32.2. The molecule has 0 amide bonds. The fourth-order valence-electron chi connectivity index (χ4n) is 3.88. The maximum absolute atomic E-state index is 6.34. The number of aromatic nitrogens is 5. The van der Waals surface area contributed by atoms with Gasteiger partial charge in [-0.05, 0) is 44.1 Å². The molecule has 0 aliphatic heterocycles. The monoisotopic (exact) mass is 400 g/mol. The minimum absolute atomic E-state index is 0.383. The highest BCUT2D eigenvalue weighted by Crippen LogP contribution is 2.41. The number of hydrogen-bond acceptors (Lipinski definition) is 7. The Morgan fingerprint density at radius 2 is 2.00 bits per heavy atom. The summed E-state index contributed by atoms with van der Waals surface area (Å²) in [4.78, 5) is 12.0. The van der Waals surface area contributed by atoms with Crippen molar-refractivity contribution in [3.63, 3.8) is 0 Å². The van der Waals surface area contributed by atoms with Gasteiger partial charge in [0.05, 0.1) is 11.1 Å². The molecule has 2 aliphatic carbocycles. The molecular weight excluding hydrogens is 376 g/mol. The Bertz CT molecular complexity index is 1000. The molecule has 0 radical (unpaired) electrons. The molecule has 1 fully saturated rings. The first kappa shape index (κ1) is 17.4. The Balaban J connectivity index is 1.43. The van der Waals surface area contributed by atoms with Gasteiger partial charge in [0.15, 0.2) is 5.16 Å². The Morgan fingerprint density at radius 3 is 2.78 bits per heavy atom. The van der Waals surface area contributed by atoms with Crippen LogP contribution in [0.4, 0.5) is 5.82 Å². The number of fused-ring (bicyclic) bond motifs is 3. The van der Waals surface area contributed by atoms with Crippen molar-refractivity contribution >= 4 is 39.1 Å². The Morgan fingerprint density at radius 1 is 1.19 bits per heavy atom. The summed E-state index contributed by atoms with van der Waals surface area (Å²) >= 11 is 3.47. The van der Waals surface area contributed by atoms with Gasteiger partial charge in [-0.1, -0.05) is 25.6 Å². The molecular formula is C19H24N6S2. The average molecular weight is 401 g/mol. The number of nitrogen functional groups attached to an aromatic ring is 1. The largest absolute Gasteiger partial charge is 0.383 e. The molecule has 0 unspecified atom stereocenters. The SMILES string of the molecule is CC(C)c1nnc(SCc2nc(N)c3c4c(sc3n2)CCCC4)n1C1CC1. The first-order valence-corrected chi connectivity index (χ1v) is 11.6. The van der Waals surface area contributed by atoms with Crippen molar-refractivity contribution in [2.75, 3.05) is 5.73 Å². The van der Waals surface area contributed by atoms with Gasteiger partial charge >= 0.3 is 0 Å². The van der Waals surface area contributed by atoms with Gasteiger partial charge < -0.3 is 10.3 Å². The van der Waals surface area contributed by atoms with Gasteiger partial charge in [0.25, 0.3) is 0 Å². The van der Waals surface area contributed by atoms with Crippen LogP contribution >= 0.6 is 23.1 Å². The van der Waals surface area contributed by atoms with Gasteiger partial charge in [-0.25, -0.2) is 9.97 Å². The van der Waals surface area contributed by atoms with Gasteiger partial charge in [0.1, 0.15) is 22.3 Å². The maximum Gasteiger partial charge on any atom is 0.191 e. The van der Waals surface area contributed by atoms with E-state index in [1.54, 1.807) is 23.1 Å². The van der Waals surface area contributed by atoms with Crippen LogP contribution in [0.1, 0.15) is 73.6 Å². The summed E-state index contributed by atoms with van der Waals surface area (Å²) in [6.07, 6.45) is 7.22. The lowest BCUT2D eigenvalue weighted by Gasteiger charge is -2.11. The lowest BCUT2D eigenvalue weighted by molar-refractivity contribution is 0.599. The molecule has 1 saturated carbocycles. The first-order chi connectivity index (χ1) is 13.1. The minimum atomic E-state index is 0.383. The molecule has 2 N–H and O–H groups in total. The summed E-state index contributed by atoms with van der Waals surface area (Å²) in [5.41, 5.74) is 7.74. The molecule has 3 aromatic heterocycles. The third-order valence-corrected chi connectivity index (χ3v) is 7.46. The van der Waals surface area contributed by atoms with E-state index in [1.165, 1.54) is 36.1 Å². The Hall–Kier alpha value is -1.67. The number of nitrogens with two attached hydrogens (primary N) is 1. The second kappa shape index (κ2) is 6.74. The molecule has 0 bridgehead atoms. The molecule has 27 heavy (non-hydrogen) atoms. The zero-order chi connectivity index (χ0) is 18.5. The molecule has 0 aromatic carbocycles. The van der Waals surface area contributed by atoms with Crippen LogP contribution in [-0.2, 0) is 18.6 Å². The number of rotatable bonds is 5. The molecule has 0 atom stereocenters. The summed E-state index contributed by atoms with van der Waals surface area (Å²) in [5.74, 6) is 3.57. The predicted octanol–water partition coefficient (Wildman–Crippen LogP) is 4.49. The van der Waals surface area contributed by atoms with Gasteiger partial charge in [-0.2, -0.15) is 0 Å². The van der Waals surface area contributed by atoms with Crippen LogP contribution in [0.2, 0.25) is 0 Å². The van der Waals surface area contributed by atoms with Gasteiger partial charge in [0.2, 0.25) is 0 Å². The summed E-state index contributed by atoms with van der Waals surface area (Å²) < 4.78 is 2.32. The van der Waals surface area contributed by atoms with Crippen molar-refractivity contribution in [2.45, 2.75) is 75.2 Å². The first-order valence-electron chi connectivity index (χ1n) is 9.76. The number of aryl methyl sites for hydroxylation is 2. The van der Waals surface area contributed by atoms with E-state index in [0.29, 0.717) is 23.5 Å². The Labute approximate surface area is 167 Å². The lowest BCUT2D eigenvalue weighted by atomic mass is 9.97. The van der Waals surface area contributed by atoms with Crippen LogP contribution in [-0.4, -0.2) is 24.7 Å². The highest BCUT2D eigenvalue weighted by molar-refractivity contribution is 7.98.